The molecule has 1 rings (SSSR count). The fourth-order valence-electron chi connectivity index (χ4n) is 1.31. The third-order valence-corrected chi connectivity index (χ3v) is 2.31. The summed E-state index contributed by atoms with van der Waals surface area (Å²) in [5, 5.41) is 12.1. The second-order valence-corrected chi connectivity index (χ2v) is 4.26. The Hall–Kier alpha value is -1.05. The first-order chi connectivity index (χ1) is 7.15. The van der Waals surface area contributed by atoms with Gasteiger partial charge in [-0.15, -0.1) is 0 Å². The van der Waals surface area contributed by atoms with Crippen molar-refractivity contribution < 1.29 is 4.74 Å². The van der Waals surface area contributed by atoms with Gasteiger partial charge in [0.15, 0.2) is 0 Å². The zero-order valence-electron chi connectivity index (χ0n) is 8.75. The molecule has 0 aromatic heterocycles. The molecule has 4 heteroatoms. The predicted octanol–water partition coefficient (Wildman–Crippen LogP) is 2.77. The van der Waals surface area contributed by atoms with Crippen molar-refractivity contribution in [1.29, 1.82) is 5.26 Å². The van der Waals surface area contributed by atoms with E-state index in [1.165, 1.54) is 0 Å². The summed E-state index contributed by atoms with van der Waals surface area (Å²) in [6.45, 7) is 2.66. The number of halogens is 1. The highest BCUT2D eigenvalue weighted by Crippen LogP contribution is 2.19. The van der Waals surface area contributed by atoms with E-state index < -0.39 is 0 Å². The van der Waals surface area contributed by atoms with Crippen LogP contribution in [0.1, 0.15) is 12.5 Å². The minimum atomic E-state index is 0.218. The molecule has 1 unspecified atom stereocenters. The second-order valence-electron chi connectivity index (χ2n) is 3.34. The molecule has 0 aliphatic rings. The molecular weight excluding hydrogens is 256 g/mol. The molecule has 0 amide bonds. The van der Waals surface area contributed by atoms with E-state index in [9.17, 15) is 0 Å². The van der Waals surface area contributed by atoms with Crippen LogP contribution in [0.5, 0.6) is 0 Å². The van der Waals surface area contributed by atoms with Crippen LogP contribution < -0.4 is 5.32 Å². The lowest BCUT2D eigenvalue weighted by Gasteiger charge is -2.14. The molecule has 15 heavy (non-hydrogen) atoms. The lowest BCUT2D eigenvalue weighted by atomic mass is 10.2. The summed E-state index contributed by atoms with van der Waals surface area (Å²) in [6, 6.07) is 7.87. The summed E-state index contributed by atoms with van der Waals surface area (Å²) in [6.07, 6.45) is 0. The normalized spacial score (nSPS) is 11.9. The standard InChI is InChI=1S/C11H13BrN2O/c1-8(7-15-2)14-11-4-9(6-13)3-10(12)5-11/h3-5,8,14H,7H2,1-2H3. The molecule has 3 nitrogen and oxygen atoms in total. The Morgan fingerprint density at radius 2 is 2.27 bits per heavy atom. The monoisotopic (exact) mass is 268 g/mol. The predicted molar refractivity (Wildman–Crippen MR) is 63.8 cm³/mol. The van der Waals surface area contributed by atoms with Gasteiger partial charge in [-0.25, -0.2) is 0 Å². The number of nitriles is 1. The number of hydrogen-bond acceptors (Lipinski definition) is 3. The number of benzene rings is 1. The van der Waals surface area contributed by atoms with Crippen molar-refractivity contribution in [3.8, 4) is 6.07 Å². The minimum absolute atomic E-state index is 0.218. The maximum atomic E-state index is 8.80. The molecular formula is C11H13BrN2O. The van der Waals surface area contributed by atoms with E-state index in [1.807, 2.05) is 19.1 Å². The van der Waals surface area contributed by atoms with Gasteiger partial charge in [-0.3, -0.25) is 0 Å². The van der Waals surface area contributed by atoms with E-state index in [-0.39, 0.29) is 6.04 Å². The van der Waals surface area contributed by atoms with Gasteiger partial charge < -0.3 is 10.1 Å². The van der Waals surface area contributed by atoms with E-state index in [0.29, 0.717) is 12.2 Å². The van der Waals surface area contributed by atoms with Gasteiger partial charge in [-0.1, -0.05) is 15.9 Å². The Bertz CT molecular complexity index is 373. The van der Waals surface area contributed by atoms with Gasteiger partial charge in [0.1, 0.15) is 0 Å². The smallest absolute Gasteiger partial charge is 0.0992 e. The van der Waals surface area contributed by atoms with Crippen LogP contribution in [0, 0.1) is 11.3 Å². The maximum absolute atomic E-state index is 8.80. The SMILES string of the molecule is COCC(C)Nc1cc(Br)cc(C#N)c1. The van der Waals surface area contributed by atoms with Crippen molar-refractivity contribution in [2.45, 2.75) is 13.0 Å². The summed E-state index contributed by atoms with van der Waals surface area (Å²) < 4.78 is 5.92. The van der Waals surface area contributed by atoms with Crippen LogP contribution in [0.2, 0.25) is 0 Å². The van der Waals surface area contributed by atoms with Crippen molar-refractivity contribution in [1.82, 2.24) is 0 Å². The van der Waals surface area contributed by atoms with Gasteiger partial charge in [0, 0.05) is 23.3 Å². The highest BCUT2D eigenvalue weighted by Gasteiger charge is 2.03. The third-order valence-electron chi connectivity index (χ3n) is 1.86. The highest BCUT2D eigenvalue weighted by molar-refractivity contribution is 9.10. The average molecular weight is 269 g/mol. The van der Waals surface area contributed by atoms with Crippen molar-refractivity contribution in [3.05, 3.63) is 28.2 Å². The molecule has 1 N–H and O–H groups in total. The first kappa shape index (κ1) is 12.0. The van der Waals surface area contributed by atoms with Gasteiger partial charge >= 0.3 is 0 Å². The topological polar surface area (TPSA) is 45.0 Å². The van der Waals surface area contributed by atoms with E-state index in [4.69, 9.17) is 10.00 Å². The van der Waals surface area contributed by atoms with Crippen LogP contribution in [0.15, 0.2) is 22.7 Å². The summed E-state index contributed by atoms with van der Waals surface area (Å²) in [7, 11) is 1.67. The molecule has 0 spiro atoms. The van der Waals surface area contributed by atoms with Crippen LogP contribution in [0.4, 0.5) is 5.69 Å². The Labute approximate surface area is 98.2 Å². The molecule has 0 heterocycles. The Morgan fingerprint density at radius 3 is 2.87 bits per heavy atom. The van der Waals surface area contributed by atoms with E-state index >= 15 is 0 Å². The van der Waals surface area contributed by atoms with Crippen molar-refractivity contribution in [2.24, 2.45) is 0 Å². The van der Waals surface area contributed by atoms with Crippen LogP contribution in [-0.2, 0) is 4.74 Å². The molecule has 0 fully saturated rings. The van der Waals surface area contributed by atoms with Gasteiger partial charge in [0.25, 0.3) is 0 Å². The van der Waals surface area contributed by atoms with E-state index in [2.05, 4.69) is 27.3 Å². The van der Waals surface area contributed by atoms with E-state index in [1.54, 1.807) is 13.2 Å². The number of anilines is 1. The summed E-state index contributed by atoms with van der Waals surface area (Å²) >= 11 is 3.36. The molecule has 0 saturated carbocycles. The van der Waals surface area contributed by atoms with Crippen LogP contribution in [-0.4, -0.2) is 19.8 Å². The molecule has 0 saturated heterocycles. The fourth-order valence-corrected chi connectivity index (χ4v) is 1.81. The molecule has 80 valence electrons. The molecule has 1 atom stereocenters. The largest absolute Gasteiger partial charge is 0.383 e. The molecule has 0 aliphatic heterocycles. The number of rotatable bonds is 4. The molecule has 0 radical (unpaired) electrons. The highest BCUT2D eigenvalue weighted by atomic mass is 79.9. The molecule has 0 aliphatic carbocycles. The third kappa shape index (κ3) is 3.90. The zero-order chi connectivity index (χ0) is 11.3. The van der Waals surface area contributed by atoms with Crippen LogP contribution >= 0.6 is 15.9 Å². The van der Waals surface area contributed by atoms with Gasteiger partial charge in [-0.2, -0.15) is 5.26 Å². The van der Waals surface area contributed by atoms with E-state index in [0.717, 1.165) is 10.2 Å². The quantitative estimate of drug-likeness (QED) is 0.914. The number of nitrogens with zero attached hydrogens (tertiary/aromatic N) is 1. The van der Waals surface area contributed by atoms with Crippen molar-refractivity contribution in [3.63, 3.8) is 0 Å². The summed E-state index contributed by atoms with van der Waals surface area (Å²) in [5.41, 5.74) is 1.56. The first-order valence-electron chi connectivity index (χ1n) is 4.62. The zero-order valence-corrected chi connectivity index (χ0v) is 10.3. The van der Waals surface area contributed by atoms with Gasteiger partial charge in [0.05, 0.1) is 18.2 Å². The van der Waals surface area contributed by atoms with Gasteiger partial charge in [-0.05, 0) is 25.1 Å². The van der Waals surface area contributed by atoms with Crippen molar-refractivity contribution >= 4 is 21.6 Å². The van der Waals surface area contributed by atoms with Gasteiger partial charge in [0.2, 0.25) is 0 Å². The lowest BCUT2D eigenvalue weighted by Crippen LogP contribution is -2.20. The number of methoxy groups -OCH3 is 1. The Balaban J connectivity index is 2.77. The first-order valence-corrected chi connectivity index (χ1v) is 5.41. The number of nitrogens with one attached hydrogen (secondary N) is 1. The van der Waals surface area contributed by atoms with Crippen LogP contribution in [0.3, 0.4) is 0 Å². The lowest BCUT2D eigenvalue weighted by molar-refractivity contribution is 0.190. The van der Waals surface area contributed by atoms with Crippen LogP contribution in [0.25, 0.3) is 0 Å². The molecule has 1 aromatic carbocycles. The Morgan fingerprint density at radius 1 is 1.53 bits per heavy atom. The Kier molecular flexibility index (Phi) is 4.60. The molecule has 1 aromatic rings. The average Bonchev–Trinajstić information content (AvgIpc) is 2.17. The second kappa shape index (κ2) is 5.74. The fraction of sp³-hybridized carbons (Fsp3) is 0.364. The number of ether oxygens (including phenoxy) is 1. The van der Waals surface area contributed by atoms with Crippen molar-refractivity contribution in [2.75, 3.05) is 19.0 Å². The molecule has 0 bridgehead atoms. The summed E-state index contributed by atoms with van der Waals surface area (Å²) in [4.78, 5) is 0. The minimum Gasteiger partial charge on any atom is -0.383 e. The number of hydrogen-bond donors (Lipinski definition) is 1. The summed E-state index contributed by atoms with van der Waals surface area (Å²) in [5.74, 6) is 0. The maximum Gasteiger partial charge on any atom is 0.0992 e.